The Morgan fingerprint density at radius 2 is 1.89 bits per heavy atom. The number of amides is 2. The summed E-state index contributed by atoms with van der Waals surface area (Å²) in [6.45, 7) is 6.58. The number of nitrogens with one attached hydrogen (secondary N) is 2. The van der Waals surface area contributed by atoms with Gasteiger partial charge in [-0.1, -0.05) is 30.3 Å². The van der Waals surface area contributed by atoms with E-state index in [0.717, 1.165) is 23.2 Å². The molecule has 2 aromatic carbocycles. The van der Waals surface area contributed by atoms with Gasteiger partial charge in [0.05, 0.1) is 17.7 Å². The van der Waals surface area contributed by atoms with Crippen molar-refractivity contribution in [3.63, 3.8) is 0 Å². The third-order valence-corrected chi connectivity index (χ3v) is 6.20. The van der Waals surface area contributed by atoms with Crippen LogP contribution >= 0.6 is 0 Å². The van der Waals surface area contributed by atoms with Gasteiger partial charge in [-0.15, -0.1) is 0 Å². The molecule has 2 amide bonds. The van der Waals surface area contributed by atoms with Gasteiger partial charge in [0.2, 0.25) is 5.91 Å². The lowest BCUT2D eigenvalue weighted by Crippen LogP contribution is -2.40. The van der Waals surface area contributed by atoms with Gasteiger partial charge in [0.25, 0.3) is 0 Å². The number of unbranched alkanes of at least 4 members (excludes halogenated alkanes) is 1. The van der Waals surface area contributed by atoms with E-state index in [1.54, 1.807) is 12.1 Å². The predicted molar refractivity (Wildman–Crippen MR) is 135 cm³/mol. The number of aromatic amines is 1. The van der Waals surface area contributed by atoms with Crippen molar-refractivity contribution in [2.75, 3.05) is 13.1 Å². The van der Waals surface area contributed by atoms with Gasteiger partial charge in [0.15, 0.2) is 0 Å². The van der Waals surface area contributed by atoms with Crippen molar-refractivity contribution in [1.82, 2.24) is 15.2 Å². The minimum absolute atomic E-state index is 0.0842. The molecule has 2 N–H and O–H groups in total. The summed E-state index contributed by atoms with van der Waals surface area (Å²) in [7, 11) is 0. The summed E-state index contributed by atoms with van der Waals surface area (Å²) in [6, 6.07) is 17.6. The molecule has 0 saturated heterocycles. The minimum Gasteiger partial charge on any atom is -0.444 e. The van der Waals surface area contributed by atoms with Crippen LogP contribution in [0.4, 0.5) is 4.79 Å². The number of H-pyrrole nitrogens is 1. The zero-order valence-electron chi connectivity index (χ0n) is 20.6. The molecule has 0 saturated carbocycles. The largest absolute Gasteiger partial charge is 0.444 e. The maximum Gasteiger partial charge on any atom is 0.407 e. The quantitative estimate of drug-likeness (QED) is 0.481. The topological polar surface area (TPSA) is 98.2 Å². The standard InChI is InChI=1S/C28H32N4O3/c1-28(2,3)35-27(34)30-16-7-6-10-24(33)32-17-15-22-21-8-4-5-9-23(21)31-25(22)26(32)20-13-11-19(18-29)12-14-20/h4-5,8-9,11-14,26,31H,6-7,10,15-17H2,1-3H3,(H,30,34). The van der Waals surface area contributed by atoms with Crippen molar-refractivity contribution in [3.05, 3.63) is 70.9 Å². The predicted octanol–water partition coefficient (Wildman–Crippen LogP) is 5.21. The first kappa shape index (κ1) is 24.3. The van der Waals surface area contributed by atoms with E-state index in [4.69, 9.17) is 4.74 Å². The SMILES string of the molecule is CC(C)(C)OC(=O)NCCCCC(=O)N1CCc2c([nH]c3ccccc23)C1c1ccc(C#N)cc1. The lowest BCUT2D eigenvalue weighted by atomic mass is 9.91. The van der Waals surface area contributed by atoms with E-state index < -0.39 is 11.7 Å². The monoisotopic (exact) mass is 472 g/mol. The number of hydrogen-bond acceptors (Lipinski definition) is 4. The number of ether oxygens (including phenoxy) is 1. The number of aromatic nitrogens is 1. The Balaban J connectivity index is 1.47. The first-order valence-electron chi connectivity index (χ1n) is 12.1. The maximum atomic E-state index is 13.4. The highest BCUT2D eigenvalue weighted by Gasteiger charge is 2.34. The molecule has 35 heavy (non-hydrogen) atoms. The lowest BCUT2D eigenvalue weighted by molar-refractivity contribution is -0.133. The molecule has 1 aliphatic rings. The van der Waals surface area contributed by atoms with Crippen molar-refractivity contribution < 1.29 is 14.3 Å². The van der Waals surface area contributed by atoms with Gasteiger partial charge in [-0.25, -0.2) is 4.79 Å². The zero-order valence-corrected chi connectivity index (χ0v) is 20.6. The van der Waals surface area contributed by atoms with Gasteiger partial charge in [0, 0.05) is 36.1 Å². The average molecular weight is 473 g/mol. The number of nitrogens with zero attached hydrogens (tertiary/aromatic N) is 2. The van der Waals surface area contributed by atoms with E-state index in [1.165, 1.54) is 10.9 Å². The number of alkyl carbamates (subject to hydrolysis) is 1. The van der Waals surface area contributed by atoms with E-state index in [9.17, 15) is 14.9 Å². The van der Waals surface area contributed by atoms with Crippen LogP contribution in [0.25, 0.3) is 10.9 Å². The van der Waals surface area contributed by atoms with Crippen LogP contribution < -0.4 is 5.32 Å². The smallest absolute Gasteiger partial charge is 0.407 e. The van der Waals surface area contributed by atoms with E-state index in [1.807, 2.05) is 49.9 Å². The summed E-state index contributed by atoms with van der Waals surface area (Å²) in [5, 5.41) is 13.2. The molecule has 0 spiro atoms. The van der Waals surface area contributed by atoms with Gasteiger partial charge in [0.1, 0.15) is 5.60 Å². The highest BCUT2D eigenvalue weighted by Crippen LogP contribution is 2.38. The summed E-state index contributed by atoms with van der Waals surface area (Å²) in [4.78, 5) is 30.7. The highest BCUT2D eigenvalue weighted by atomic mass is 16.6. The number of benzene rings is 2. The third kappa shape index (κ3) is 5.65. The van der Waals surface area contributed by atoms with Crippen LogP contribution in [0.5, 0.6) is 0 Å². The molecule has 7 nitrogen and oxygen atoms in total. The first-order chi connectivity index (χ1) is 16.8. The number of hydrogen-bond donors (Lipinski definition) is 2. The van der Waals surface area contributed by atoms with E-state index in [2.05, 4.69) is 28.5 Å². The fourth-order valence-electron chi connectivity index (χ4n) is 4.65. The fraction of sp³-hybridized carbons (Fsp3) is 0.393. The van der Waals surface area contributed by atoms with Crippen molar-refractivity contribution in [2.24, 2.45) is 0 Å². The zero-order chi connectivity index (χ0) is 25.0. The number of rotatable bonds is 6. The van der Waals surface area contributed by atoms with Crippen LogP contribution in [-0.2, 0) is 16.0 Å². The normalized spacial score (nSPS) is 15.4. The highest BCUT2D eigenvalue weighted by molar-refractivity contribution is 5.86. The summed E-state index contributed by atoms with van der Waals surface area (Å²) in [6.07, 6.45) is 2.12. The maximum absolute atomic E-state index is 13.4. The Bertz CT molecular complexity index is 1250. The molecule has 2 heterocycles. The van der Waals surface area contributed by atoms with Crippen LogP contribution in [0.3, 0.4) is 0 Å². The Labute approximate surface area is 206 Å². The molecule has 0 fully saturated rings. The molecule has 1 aliphatic heterocycles. The first-order valence-corrected chi connectivity index (χ1v) is 12.1. The van der Waals surface area contributed by atoms with Crippen molar-refractivity contribution in [3.8, 4) is 6.07 Å². The Morgan fingerprint density at radius 1 is 1.14 bits per heavy atom. The van der Waals surface area contributed by atoms with Gasteiger partial charge < -0.3 is 19.9 Å². The van der Waals surface area contributed by atoms with Crippen molar-refractivity contribution in [1.29, 1.82) is 5.26 Å². The molecular weight excluding hydrogens is 440 g/mol. The Hall–Kier alpha value is -3.79. The Morgan fingerprint density at radius 3 is 2.60 bits per heavy atom. The third-order valence-electron chi connectivity index (χ3n) is 6.20. The van der Waals surface area contributed by atoms with Crippen LogP contribution in [0.1, 0.15) is 68.5 Å². The molecule has 1 aromatic heterocycles. The molecule has 4 rings (SSSR count). The van der Waals surface area contributed by atoms with Crippen LogP contribution in [0, 0.1) is 11.3 Å². The summed E-state index contributed by atoms with van der Waals surface area (Å²) >= 11 is 0. The van der Waals surface area contributed by atoms with E-state index in [0.29, 0.717) is 37.9 Å². The second kappa shape index (κ2) is 10.2. The molecular formula is C28H32N4O3. The molecule has 3 aromatic rings. The van der Waals surface area contributed by atoms with Gasteiger partial charge in [-0.2, -0.15) is 5.26 Å². The number of para-hydroxylation sites is 1. The second-order valence-corrected chi connectivity index (χ2v) is 9.92. The average Bonchev–Trinajstić information content (AvgIpc) is 3.21. The molecule has 1 unspecified atom stereocenters. The van der Waals surface area contributed by atoms with E-state index in [-0.39, 0.29) is 11.9 Å². The second-order valence-electron chi connectivity index (χ2n) is 9.92. The van der Waals surface area contributed by atoms with Crippen molar-refractivity contribution in [2.45, 2.75) is 58.1 Å². The number of carbonyl (C=O) groups is 2. The Kier molecular flexibility index (Phi) is 7.11. The molecule has 1 atom stereocenters. The van der Waals surface area contributed by atoms with Crippen LogP contribution in [0.2, 0.25) is 0 Å². The van der Waals surface area contributed by atoms with Crippen LogP contribution in [-0.4, -0.2) is 40.6 Å². The lowest BCUT2D eigenvalue weighted by Gasteiger charge is -2.36. The molecule has 0 aliphatic carbocycles. The van der Waals surface area contributed by atoms with Gasteiger partial charge >= 0.3 is 6.09 Å². The summed E-state index contributed by atoms with van der Waals surface area (Å²) in [5.41, 5.74) is 4.41. The number of carbonyl (C=O) groups excluding carboxylic acids is 2. The molecule has 0 radical (unpaired) electrons. The number of fused-ring (bicyclic) bond motifs is 3. The summed E-state index contributed by atoms with van der Waals surface area (Å²) in [5.74, 6) is 0.0842. The van der Waals surface area contributed by atoms with Crippen LogP contribution in [0.15, 0.2) is 48.5 Å². The molecule has 7 heteroatoms. The number of nitriles is 1. The summed E-state index contributed by atoms with van der Waals surface area (Å²) < 4.78 is 5.25. The fourth-order valence-corrected chi connectivity index (χ4v) is 4.65. The van der Waals surface area contributed by atoms with Crippen molar-refractivity contribution >= 4 is 22.9 Å². The van der Waals surface area contributed by atoms with E-state index >= 15 is 0 Å². The molecule has 0 bridgehead atoms. The van der Waals surface area contributed by atoms with Gasteiger partial charge in [-0.05, 0) is 69.4 Å². The minimum atomic E-state index is -0.532. The molecule has 182 valence electrons. The van der Waals surface area contributed by atoms with Gasteiger partial charge in [-0.3, -0.25) is 4.79 Å².